The Labute approximate surface area is 41.7 Å². The molecule has 0 saturated carbocycles. The van der Waals surface area contributed by atoms with Crippen LogP contribution in [0.15, 0.2) is 0 Å². The molecule has 0 aliphatic rings. The van der Waals surface area contributed by atoms with Crippen molar-refractivity contribution < 1.29 is 0 Å². The van der Waals surface area contributed by atoms with Gasteiger partial charge in [0.25, 0.3) is 0 Å². The second-order valence-corrected chi connectivity index (χ2v) is 0.769. The highest BCUT2D eigenvalue weighted by Gasteiger charge is 1.67. The molecule has 0 bridgehead atoms. The molecular weight excluding hydrogens is 96.1 g/mol. The Morgan fingerprint density at radius 2 is 1.86 bits per heavy atom. The molecule has 0 unspecified atom stereocenters. The average molecular weight is 106 g/mol. The zero-order valence-electron chi connectivity index (χ0n) is 4.08. The lowest BCUT2D eigenvalue weighted by atomic mass is 11.5. The minimum atomic E-state index is 1.71. The number of hydrogen-bond donors (Lipinski definition) is 6. The summed E-state index contributed by atoms with van der Waals surface area (Å²) in [7, 11) is 1.71. The first-order valence-corrected chi connectivity index (χ1v) is 1.79. The Balaban J connectivity index is 2.45. The highest BCUT2D eigenvalue weighted by atomic mass is 15.8. The Hall–Kier alpha value is -0.240. The number of nitrogens with one attached hydrogen (secondary N) is 5. The molecule has 0 spiro atoms. The van der Waals surface area contributed by atoms with Crippen LogP contribution in [0.1, 0.15) is 0 Å². The van der Waals surface area contributed by atoms with Crippen molar-refractivity contribution in [2.24, 2.45) is 5.84 Å². The van der Waals surface area contributed by atoms with E-state index in [0.717, 1.165) is 0 Å². The molecule has 0 atom stereocenters. The summed E-state index contributed by atoms with van der Waals surface area (Å²) in [5, 5.41) is 0. The summed E-state index contributed by atoms with van der Waals surface area (Å²) in [5.74, 6) is 4.78. The Morgan fingerprint density at radius 3 is 2.29 bits per heavy atom. The normalized spacial score (nSPS) is 9.43. The molecule has 7 N–H and O–H groups in total. The second kappa shape index (κ2) is 5.76. The Bertz CT molecular complexity index is 23.4. The summed E-state index contributed by atoms with van der Waals surface area (Å²) in [6, 6.07) is 0. The van der Waals surface area contributed by atoms with Gasteiger partial charge in [-0.15, -0.1) is 0 Å². The van der Waals surface area contributed by atoms with Crippen LogP contribution >= 0.6 is 0 Å². The predicted octanol–water partition coefficient (Wildman–Crippen LogP) is -2.90. The van der Waals surface area contributed by atoms with Gasteiger partial charge in [0.1, 0.15) is 0 Å². The number of hydrogen-bond acceptors (Lipinski definition) is 6. The van der Waals surface area contributed by atoms with Gasteiger partial charge in [-0.1, -0.05) is 0 Å². The molecule has 0 aliphatic heterocycles. The van der Waals surface area contributed by atoms with E-state index in [1.54, 1.807) is 7.05 Å². The van der Waals surface area contributed by atoms with Gasteiger partial charge in [-0.2, -0.15) is 22.1 Å². The fraction of sp³-hybridized carbons (Fsp3) is 1.00. The molecule has 6 nitrogen and oxygen atoms in total. The van der Waals surface area contributed by atoms with Crippen LogP contribution in [0.3, 0.4) is 0 Å². The monoisotopic (exact) mass is 106 g/mol. The lowest BCUT2D eigenvalue weighted by molar-refractivity contribution is 0.344. The molecule has 0 rings (SSSR count). The first-order valence-electron chi connectivity index (χ1n) is 1.79. The zero-order valence-corrected chi connectivity index (χ0v) is 4.08. The van der Waals surface area contributed by atoms with Crippen LogP contribution in [-0.4, -0.2) is 7.05 Å². The molecule has 0 heterocycles. The van der Waals surface area contributed by atoms with E-state index in [1.165, 1.54) is 0 Å². The molecule has 0 radical (unpaired) electrons. The van der Waals surface area contributed by atoms with Gasteiger partial charge in [0.15, 0.2) is 0 Å². The Morgan fingerprint density at radius 1 is 1.14 bits per heavy atom. The van der Waals surface area contributed by atoms with E-state index in [1.807, 2.05) is 0 Å². The molecule has 6 heteroatoms. The van der Waals surface area contributed by atoms with Gasteiger partial charge in [0.05, 0.1) is 0 Å². The fourth-order valence-corrected chi connectivity index (χ4v) is 0.130. The average Bonchev–Trinajstić information content (AvgIpc) is 1.69. The standard InChI is InChI=1S/CH10N6/c1-3-5-7-6-4-2/h3-7H,2H2,1H3. The van der Waals surface area contributed by atoms with Crippen molar-refractivity contribution in [3.05, 3.63) is 0 Å². The summed E-state index contributed by atoms with van der Waals surface area (Å²) in [5.41, 5.74) is 12.0. The van der Waals surface area contributed by atoms with Crippen LogP contribution in [0.4, 0.5) is 0 Å². The molecule has 0 aromatic heterocycles. The SMILES string of the molecule is CNNNNNN. The molecule has 44 valence electrons. The third-order valence-corrected chi connectivity index (χ3v) is 0.322. The molecule has 0 fully saturated rings. The topological polar surface area (TPSA) is 86.2 Å². The fourth-order valence-electron chi connectivity index (χ4n) is 0.130. The minimum absolute atomic E-state index is 1.71. The van der Waals surface area contributed by atoms with Crippen molar-refractivity contribution in [1.82, 2.24) is 27.6 Å². The van der Waals surface area contributed by atoms with Crippen LogP contribution in [-0.2, 0) is 0 Å². The van der Waals surface area contributed by atoms with E-state index >= 15 is 0 Å². The van der Waals surface area contributed by atoms with Crippen molar-refractivity contribution >= 4 is 0 Å². The first-order chi connectivity index (χ1) is 3.41. The van der Waals surface area contributed by atoms with E-state index < -0.39 is 0 Å². The van der Waals surface area contributed by atoms with Gasteiger partial charge in [-0.3, -0.25) is 5.84 Å². The molecule has 0 saturated heterocycles. The third-order valence-electron chi connectivity index (χ3n) is 0.322. The number of nitrogens with two attached hydrogens (primary N) is 1. The van der Waals surface area contributed by atoms with E-state index in [9.17, 15) is 0 Å². The predicted molar refractivity (Wildman–Crippen MR) is 25.8 cm³/mol. The third kappa shape index (κ3) is 5.76. The van der Waals surface area contributed by atoms with Crippen LogP contribution in [0.5, 0.6) is 0 Å². The van der Waals surface area contributed by atoms with Crippen LogP contribution in [0.2, 0.25) is 0 Å². The van der Waals surface area contributed by atoms with Gasteiger partial charge in [0, 0.05) is 0 Å². The molecule has 0 aromatic rings. The largest absolute Gasteiger partial charge is 0.257 e. The Kier molecular flexibility index (Phi) is 5.56. The van der Waals surface area contributed by atoms with Crippen molar-refractivity contribution in [1.29, 1.82) is 0 Å². The summed E-state index contributed by atoms with van der Waals surface area (Å²) < 4.78 is 0. The molecule has 0 aliphatic carbocycles. The number of rotatable bonds is 4. The zero-order chi connectivity index (χ0) is 5.54. The van der Waals surface area contributed by atoms with E-state index in [0.29, 0.717) is 0 Å². The molecule has 7 heavy (non-hydrogen) atoms. The lowest BCUT2D eigenvalue weighted by Gasteiger charge is -2.03. The molecular formula is CH10N6. The van der Waals surface area contributed by atoms with Crippen molar-refractivity contribution in [3.8, 4) is 0 Å². The highest BCUT2D eigenvalue weighted by Crippen LogP contribution is 1.16. The quantitative estimate of drug-likeness (QED) is 0.131. The summed E-state index contributed by atoms with van der Waals surface area (Å²) >= 11 is 0. The molecule has 0 amide bonds. The van der Waals surface area contributed by atoms with Crippen LogP contribution in [0, 0.1) is 0 Å². The van der Waals surface area contributed by atoms with Crippen molar-refractivity contribution in [3.63, 3.8) is 0 Å². The van der Waals surface area contributed by atoms with Crippen LogP contribution < -0.4 is 33.4 Å². The smallest absolute Gasteiger partial charge is 0.000111 e. The summed E-state index contributed by atoms with van der Waals surface area (Å²) in [4.78, 5) is 0. The minimum Gasteiger partial charge on any atom is -0.257 e. The second-order valence-electron chi connectivity index (χ2n) is 0.769. The van der Waals surface area contributed by atoms with E-state index in [4.69, 9.17) is 5.84 Å². The van der Waals surface area contributed by atoms with Gasteiger partial charge < -0.3 is 0 Å². The van der Waals surface area contributed by atoms with Crippen molar-refractivity contribution in [2.45, 2.75) is 0 Å². The summed E-state index contributed by atoms with van der Waals surface area (Å²) in [6.07, 6.45) is 0. The maximum atomic E-state index is 4.78. The van der Waals surface area contributed by atoms with Gasteiger partial charge in [-0.05, 0) is 7.05 Å². The van der Waals surface area contributed by atoms with E-state index in [2.05, 4.69) is 27.6 Å². The van der Waals surface area contributed by atoms with Gasteiger partial charge in [-0.25, -0.2) is 5.43 Å². The first kappa shape index (κ1) is 6.76. The lowest BCUT2D eigenvalue weighted by Crippen LogP contribution is -2.56. The highest BCUT2D eigenvalue weighted by molar-refractivity contribution is 4.06. The van der Waals surface area contributed by atoms with Gasteiger partial charge >= 0.3 is 0 Å². The van der Waals surface area contributed by atoms with E-state index in [-0.39, 0.29) is 0 Å². The maximum absolute atomic E-state index is 4.78. The summed E-state index contributed by atoms with van der Waals surface area (Å²) in [6.45, 7) is 0. The van der Waals surface area contributed by atoms with Crippen molar-refractivity contribution in [2.75, 3.05) is 7.05 Å². The van der Waals surface area contributed by atoms with Gasteiger partial charge in [0.2, 0.25) is 0 Å². The van der Waals surface area contributed by atoms with Crippen LogP contribution in [0.25, 0.3) is 0 Å². The maximum Gasteiger partial charge on any atom is -0.000111 e. The molecule has 0 aromatic carbocycles. The number of hydrazine groups is 5.